The van der Waals surface area contributed by atoms with Crippen LogP contribution in [0.4, 0.5) is 0 Å². The zero-order chi connectivity index (χ0) is 8.97. The van der Waals surface area contributed by atoms with Gasteiger partial charge in [-0.1, -0.05) is 11.6 Å². The van der Waals surface area contributed by atoms with Crippen LogP contribution in [0.3, 0.4) is 0 Å². The van der Waals surface area contributed by atoms with Crippen molar-refractivity contribution in [3.05, 3.63) is 15.5 Å². The molecule has 7 heteroatoms. The molecular formula is C5H6ClN5S. The lowest BCUT2D eigenvalue weighted by Crippen LogP contribution is -2.21. The van der Waals surface area contributed by atoms with Crippen molar-refractivity contribution in [2.45, 2.75) is 0 Å². The SMILES string of the molecule is NC(N)=N/N=C/c1nc(Cl)cs1. The Bertz CT molecular complexity index is 313. The first kappa shape index (κ1) is 8.95. The van der Waals surface area contributed by atoms with Gasteiger partial charge in [0.2, 0.25) is 5.96 Å². The highest BCUT2D eigenvalue weighted by molar-refractivity contribution is 7.11. The summed E-state index contributed by atoms with van der Waals surface area (Å²) in [6.45, 7) is 0. The van der Waals surface area contributed by atoms with Gasteiger partial charge in [-0.15, -0.1) is 16.4 Å². The number of aromatic nitrogens is 1. The number of rotatable bonds is 2. The molecule has 0 aliphatic heterocycles. The molecule has 0 bridgehead atoms. The minimum absolute atomic E-state index is 0.0890. The molecule has 0 saturated heterocycles. The second-order valence-electron chi connectivity index (χ2n) is 1.78. The van der Waals surface area contributed by atoms with Crippen molar-refractivity contribution in [1.29, 1.82) is 0 Å². The molecule has 0 aliphatic rings. The van der Waals surface area contributed by atoms with Crippen molar-refractivity contribution in [3.8, 4) is 0 Å². The molecule has 5 nitrogen and oxygen atoms in total. The minimum Gasteiger partial charge on any atom is -0.369 e. The van der Waals surface area contributed by atoms with E-state index in [2.05, 4.69) is 15.2 Å². The van der Waals surface area contributed by atoms with E-state index >= 15 is 0 Å². The Balaban J connectivity index is 2.64. The van der Waals surface area contributed by atoms with E-state index in [-0.39, 0.29) is 5.96 Å². The van der Waals surface area contributed by atoms with Gasteiger partial charge in [0.1, 0.15) is 10.2 Å². The van der Waals surface area contributed by atoms with E-state index in [0.29, 0.717) is 10.2 Å². The Morgan fingerprint density at radius 3 is 2.92 bits per heavy atom. The first-order chi connectivity index (χ1) is 5.68. The first-order valence-corrected chi connectivity index (χ1v) is 4.17. The summed E-state index contributed by atoms with van der Waals surface area (Å²) >= 11 is 6.91. The van der Waals surface area contributed by atoms with E-state index < -0.39 is 0 Å². The highest BCUT2D eigenvalue weighted by Gasteiger charge is 1.93. The van der Waals surface area contributed by atoms with E-state index in [9.17, 15) is 0 Å². The number of halogens is 1. The maximum atomic E-state index is 5.55. The van der Waals surface area contributed by atoms with Crippen LogP contribution in [0.15, 0.2) is 15.6 Å². The fourth-order valence-electron chi connectivity index (χ4n) is 0.471. The normalized spacial score (nSPS) is 10.4. The second kappa shape index (κ2) is 4.03. The molecule has 4 N–H and O–H groups in total. The first-order valence-electron chi connectivity index (χ1n) is 2.91. The monoisotopic (exact) mass is 203 g/mol. The lowest BCUT2D eigenvalue weighted by atomic mass is 10.8. The third-order valence-corrected chi connectivity index (χ3v) is 1.94. The molecule has 12 heavy (non-hydrogen) atoms. The summed E-state index contributed by atoms with van der Waals surface area (Å²) in [5.41, 5.74) is 10.1. The van der Waals surface area contributed by atoms with E-state index in [1.807, 2.05) is 0 Å². The van der Waals surface area contributed by atoms with Crippen molar-refractivity contribution in [2.75, 3.05) is 0 Å². The maximum Gasteiger partial charge on any atom is 0.211 e. The highest BCUT2D eigenvalue weighted by Crippen LogP contribution is 2.11. The summed E-state index contributed by atoms with van der Waals surface area (Å²) in [6, 6.07) is 0. The number of guanidine groups is 1. The van der Waals surface area contributed by atoms with Gasteiger partial charge < -0.3 is 11.5 Å². The Kier molecular flexibility index (Phi) is 3.01. The zero-order valence-corrected chi connectivity index (χ0v) is 7.51. The zero-order valence-electron chi connectivity index (χ0n) is 5.94. The molecule has 0 atom stereocenters. The molecule has 0 radical (unpaired) electrons. The topological polar surface area (TPSA) is 89.7 Å². The maximum absolute atomic E-state index is 5.55. The largest absolute Gasteiger partial charge is 0.369 e. The third kappa shape index (κ3) is 2.85. The molecule has 1 aromatic rings. The average Bonchev–Trinajstić information content (AvgIpc) is 2.35. The van der Waals surface area contributed by atoms with Crippen LogP contribution in [0.25, 0.3) is 0 Å². The summed E-state index contributed by atoms with van der Waals surface area (Å²) in [6.07, 6.45) is 1.43. The van der Waals surface area contributed by atoms with Crippen molar-refractivity contribution in [2.24, 2.45) is 21.7 Å². The molecule has 0 aliphatic carbocycles. The molecule has 0 saturated carbocycles. The standard InChI is InChI=1S/C5H6ClN5S/c6-3-2-12-4(10-3)1-9-11-5(7)8/h1-2H,(H4,7,8,11)/b9-1+. The molecule has 0 fully saturated rings. The molecule has 0 amide bonds. The van der Waals surface area contributed by atoms with E-state index in [1.54, 1.807) is 5.38 Å². The Morgan fingerprint density at radius 2 is 2.42 bits per heavy atom. The second-order valence-corrected chi connectivity index (χ2v) is 3.05. The van der Waals surface area contributed by atoms with Gasteiger partial charge in [-0.25, -0.2) is 4.98 Å². The predicted molar refractivity (Wildman–Crippen MR) is 50.5 cm³/mol. The van der Waals surface area contributed by atoms with Crippen LogP contribution >= 0.6 is 22.9 Å². The van der Waals surface area contributed by atoms with Crippen LogP contribution in [0.1, 0.15) is 5.01 Å². The van der Waals surface area contributed by atoms with Crippen LogP contribution < -0.4 is 11.5 Å². The average molecular weight is 204 g/mol. The fraction of sp³-hybridized carbons (Fsp3) is 0. The number of hydrogen-bond acceptors (Lipinski definition) is 4. The molecule has 0 aromatic carbocycles. The molecule has 0 unspecified atom stereocenters. The molecule has 1 heterocycles. The molecular weight excluding hydrogens is 198 g/mol. The van der Waals surface area contributed by atoms with Crippen LogP contribution in [-0.4, -0.2) is 17.2 Å². The summed E-state index contributed by atoms with van der Waals surface area (Å²) in [5.74, 6) is -0.0890. The lowest BCUT2D eigenvalue weighted by Gasteiger charge is -1.81. The Hall–Kier alpha value is -1.14. The Labute approximate surface area is 77.8 Å². The quantitative estimate of drug-likeness (QED) is 0.414. The van der Waals surface area contributed by atoms with E-state index in [0.717, 1.165) is 0 Å². The Morgan fingerprint density at radius 1 is 1.67 bits per heavy atom. The van der Waals surface area contributed by atoms with Gasteiger partial charge in [-0.2, -0.15) is 5.10 Å². The van der Waals surface area contributed by atoms with Crippen molar-refractivity contribution < 1.29 is 0 Å². The van der Waals surface area contributed by atoms with Crippen molar-refractivity contribution in [3.63, 3.8) is 0 Å². The van der Waals surface area contributed by atoms with Crippen LogP contribution in [0.5, 0.6) is 0 Å². The van der Waals surface area contributed by atoms with Gasteiger partial charge in [0.05, 0.1) is 6.21 Å². The van der Waals surface area contributed by atoms with E-state index in [4.69, 9.17) is 23.1 Å². The summed E-state index contributed by atoms with van der Waals surface area (Å²) in [5, 5.41) is 9.74. The van der Waals surface area contributed by atoms with Gasteiger partial charge in [-0.3, -0.25) is 0 Å². The van der Waals surface area contributed by atoms with Crippen molar-refractivity contribution >= 4 is 35.1 Å². The van der Waals surface area contributed by atoms with E-state index in [1.165, 1.54) is 17.6 Å². The number of thiazole rings is 1. The summed E-state index contributed by atoms with van der Waals surface area (Å²) < 4.78 is 0. The minimum atomic E-state index is -0.0890. The molecule has 1 aromatic heterocycles. The molecule has 0 spiro atoms. The van der Waals surface area contributed by atoms with Gasteiger partial charge in [0.25, 0.3) is 0 Å². The van der Waals surface area contributed by atoms with Crippen LogP contribution in [-0.2, 0) is 0 Å². The molecule has 64 valence electrons. The fourth-order valence-corrected chi connectivity index (χ4v) is 1.28. The lowest BCUT2D eigenvalue weighted by molar-refractivity contribution is 1.21. The number of hydrogen-bond donors (Lipinski definition) is 2. The van der Waals surface area contributed by atoms with Crippen LogP contribution in [0.2, 0.25) is 5.15 Å². The number of nitrogens with zero attached hydrogens (tertiary/aromatic N) is 3. The summed E-state index contributed by atoms with van der Waals surface area (Å²) in [7, 11) is 0. The smallest absolute Gasteiger partial charge is 0.211 e. The van der Waals surface area contributed by atoms with Gasteiger partial charge in [-0.05, 0) is 0 Å². The predicted octanol–water partition coefficient (Wildman–Crippen LogP) is 0.404. The van der Waals surface area contributed by atoms with Gasteiger partial charge >= 0.3 is 0 Å². The van der Waals surface area contributed by atoms with Crippen LogP contribution in [0, 0.1) is 0 Å². The molecule has 1 rings (SSSR count). The highest BCUT2D eigenvalue weighted by atomic mass is 35.5. The van der Waals surface area contributed by atoms with Crippen molar-refractivity contribution in [1.82, 2.24) is 4.98 Å². The number of nitrogens with two attached hydrogens (primary N) is 2. The summed E-state index contributed by atoms with van der Waals surface area (Å²) in [4.78, 5) is 3.89. The third-order valence-electron chi connectivity index (χ3n) is 0.835. The van der Waals surface area contributed by atoms with Gasteiger partial charge in [0.15, 0.2) is 0 Å². The van der Waals surface area contributed by atoms with Gasteiger partial charge in [0, 0.05) is 5.38 Å².